The number of anilines is 1. The Kier molecular flexibility index (Phi) is 7.68. The van der Waals surface area contributed by atoms with E-state index in [9.17, 15) is 9.59 Å². The average Bonchev–Trinajstić information content (AvgIpc) is 3.07. The summed E-state index contributed by atoms with van der Waals surface area (Å²) in [6, 6.07) is 17.0. The molecule has 1 heterocycles. The zero-order valence-corrected chi connectivity index (χ0v) is 17.9. The van der Waals surface area contributed by atoms with Crippen molar-refractivity contribution in [3.8, 4) is 0 Å². The van der Waals surface area contributed by atoms with Gasteiger partial charge in [0.05, 0.1) is 22.7 Å². The van der Waals surface area contributed by atoms with E-state index in [0.29, 0.717) is 23.5 Å². The maximum absolute atomic E-state index is 12.6. The van der Waals surface area contributed by atoms with Crippen LogP contribution in [0.15, 0.2) is 59.1 Å². The first-order valence-electron chi connectivity index (χ1n) is 9.75. The van der Waals surface area contributed by atoms with E-state index < -0.39 is 0 Å². The van der Waals surface area contributed by atoms with Crippen molar-refractivity contribution in [3.05, 3.63) is 82.7 Å². The molecule has 1 aromatic heterocycles. The molecular weight excluding hydrogens is 398 g/mol. The molecule has 30 heavy (non-hydrogen) atoms. The van der Waals surface area contributed by atoms with Gasteiger partial charge in [-0.25, -0.2) is 0 Å². The fraction of sp³-hybridized carbons (Fsp3) is 0.261. The molecule has 0 atom stereocenters. The maximum Gasteiger partial charge on any atom is 0.253 e. The predicted molar refractivity (Wildman–Crippen MR) is 120 cm³/mol. The van der Waals surface area contributed by atoms with Gasteiger partial charge in [0.15, 0.2) is 0 Å². The first-order chi connectivity index (χ1) is 14.5. The molecule has 7 heteroatoms. The Morgan fingerprint density at radius 1 is 1.03 bits per heavy atom. The summed E-state index contributed by atoms with van der Waals surface area (Å²) in [6.07, 6.45) is 0.749. The van der Waals surface area contributed by atoms with Gasteiger partial charge in [-0.1, -0.05) is 47.6 Å². The van der Waals surface area contributed by atoms with Gasteiger partial charge in [-0.05, 0) is 38.0 Å². The lowest BCUT2D eigenvalue weighted by molar-refractivity contribution is -0.113. The number of aryl methyl sites for hydroxylation is 2. The van der Waals surface area contributed by atoms with Crippen LogP contribution in [-0.2, 0) is 17.0 Å². The van der Waals surface area contributed by atoms with Crippen LogP contribution >= 0.6 is 11.8 Å². The van der Waals surface area contributed by atoms with E-state index in [1.807, 2.05) is 44.2 Å². The van der Waals surface area contributed by atoms with Gasteiger partial charge in [-0.15, -0.1) is 11.8 Å². The summed E-state index contributed by atoms with van der Waals surface area (Å²) in [5.74, 6) is 1.34. The number of carbonyl (C=O) groups is 2. The number of hydrogen-bond donors (Lipinski definition) is 2. The maximum atomic E-state index is 12.6. The number of aromatic nitrogens is 1. The summed E-state index contributed by atoms with van der Waals surface area (Å²) in [7, 11) is 0. The number of nitrogens with one attached hydrogen (secondary N) is 2. The van der Waals surface area contributed by atoms with E-state index in [1.165, 1.54) is 11.8 Å². The molecule has 0 aliphatic rings. The molecule has 0 spiro atoms. The van der Waals surface area contributed by atoms with Crippen molar-refractivity contribution in [1.29, 1.82) is 0 Å². The Morgan fingerprint density at radius 2 is 1.77 bits per heavy atom. The van der Waals surface area contributed by atoms with Gasteiger partial charge in [-0.3, -0.25) is 9.59 Å². The molecule has 0 unspecified atom stereocenters. The van der Waals surface area contributed by atoms with Crippen LogP contribution < -0.4 is 10.6 Å². The minimum absolute atomic E-state index is 0.156. The normalized spacial score (nSPS) is 10.6. The summed E-state index contributed by atoms with van der Waals surface area (Å²) in [5.41, 5.74) is 3.99. The van der Waals surface area contributed by atoms with Crippen molar-refractivity contribution in [2.45, 2.75) is 26.0 Å². The molecule has 0 fully saturated rings. The van der Waals surface area contributed by atoms with Crippen molar-refractivity contribution < 1.29 is 14.1 Å². The molecule has 3 aromatic rings. The first kappa shape index (κ1) is 21.6. The summed E-state index contributed by atoms with van der Waals surface area (Å²) < 4.78 is 5.14. The highest BCUT2D eigenvalue weighted by atomic mass is 32.2. The molecule has 3 rings (SSSR count). The van der Waals surface area contributed by atoms with Crippen LogP contribution in [0.4, 0.5) is 5.69 Å². The molecule has 0 saturated heterocycles. The van der Waals surface area contributed by atoms with E-state index in [0.717, 1.165) is 29.0 Å². The van der Waals surface area contributed by atoms with Gasteiger partial charge < -0.3 is 15.2 Å². The number of carbonyl (C=O) groups excluding carboxylic acids is 2. The number of nitrogens with zero attached hydrogens (tertiary/aromatic N) is 1. The Hall–Kier alpha value is -3.06. The standard InChI is InChI=1S/C23H25N3O3S/c1-16-20(17(2)29-26-16)14-30-15-22(27)25-21-11-7-6-10-19(21)23(28)24-13-12-18-8-4-3-5-9-18/h3-11H,12-15H2,1-2H3,(H,24,28)(H,25,27). The number of thioether (sulfide) groups is 1. The van der Waals surface area contributed by atoms with Crippen LogP contribution in [0.1, 0.15) is 32.9 Å². The van der Waals surface area contributed by atoms with Crippen LogP contribution in [-0.4, -0.2) is 29.3 Å². The smallest absolute Gasteiger partial charge is 0.253 e. The molecule has 2 amide bonds. The summed E-state index contributed by atoms with van der Waals surface area (Å²) >= 11 is 1.48. The van der Waals surface area contributed by atoms with Crippen molar-refractivity contribution in [1.82, 2.24) is 10.5 Å². The molecule has 156 valence electrons. The van der Waals surface area contributed by atoms with E-state index in [4.69, 9.17) is 4.52 Å². The molecule has 0 aliphatic carbocycles. The molecule has 2 aromatic carbocycles. The monoisotopic (exact) mass is 423 g/mol. The molecule has 6 nitrogen and oxygen atoms in total. The summed E-state index contributed by atoms with van der Waals surface area (Å²) in [4.78, 5) is 25.0. The van der Waals surface area contributed by atoms with Crippen LogP contribution in [0.2, 0.25) is 0 Å². The zero-order valence-electron chi connectivity index (χ0n) is 17.1. The topological polar surface area (TPSA) is 84.2 Å². The third kappa shape index (κ3) is 5.97. The Labute approximate surface area is 180 Å². The third-order valence-corrected chi connectivity index (χ3v) is 5.61. The second kappa shape index (κ2) is 10.6. The SMILES string of the molecule is Cc1noc(C)c1CSCC(=O)Nc1ccccc1C(=O)NCCc1ccccc1. The minimum atomic E-state index is -0.204. The minimum Gasteiger partial charge on any atom is -0.361 e. The van der Waals surface area contributed by atoms with E-state index in [2.05, 4.69) is 15.8 Å². The fourth-order valence-corrected chi connectivity index (χ4v) is 3.97. The second-order valence-electron chi connectivity index (χ2n) is 6.88. The summed E-state index contributed by atoms with van der Waals surface area (Å²) in [6.45, 7) is 4.28. The van der Waals surface area contributed by atoms with E-state index >= 15 is 0 Å². The average molecular weight is 424 g/mol. The lowest BCUT2D eigenvalue weighted by Crippen LogP contribution is -2.27. The highest BCUT2D eigenvalue weighted by Gasteiger charge is 2.14. The molecule has 0 radical (unpaired) electrons. The Balaban J connectivity index is 1.51. The number of amides is 2. The first-order valence-corrected chi connectivity index (χ1v) is 10.9. The number of para-hydroxylation sites is 1. The molecule has 0 aliphatic heterocycles. The van der Waals surface area contributed by atoms with Gasteiger partial charge in [0.2, 0.25) is 5.91 Å². The highest BCUT2D eigenvalue weighted by molar-refractivity contribution is 7.99. The predicted octanol–water partition coefficient (Wildman–Crippen LogP) is 4.14. The third-order valence-electron chi connectivity index (χ3n) is 4.65. The molecule has 2 N–H and O–H groups in total. The lowest BCUT2D eigenvalue weighted by atomic mass is 10.1. The van der Waals surface area contributed by atoms with Gasteiger partial charge >= 0.3 is 0 Å². The van der Waals surface area contributed by atoms with E-state index in [1.54, 1.807) is 24.3 Å². The van der Waals surface area contributed by atoms with Crippen molar-refractivity contribution in [2.24, 2.45) is 0 Å². The lowest BCUT2D eigenvalue weighted by Gasteiger charge is -2.11. The van der Waals surface area contributed by atoms with Crippen molar-refractivity contribution in [3.63, 3.8) is 0 Å². The quantitative estimate of drug-likeness (QED) is 0.540. The fourth-order valence-electron chi connectivity index (χ4n) is 2.99. The van der Waals surface area contributed by atoms with Crippen LogP contribution in [0.25, 0.3) is 0 Å². The van der Waals surface area contributed by atoms with Crippen LogP contribution in [0.3, 0.4) is 0 Å². The Morgan fingerprint density at radius 3 is 2.50 bits per heavy atom. The van der Waals surface area contributed by atoms with Gasteiger partial charge in [0.25, 0.3) is 5.91 Å². The van der Waals surface area contributed by atoms with Crippen molar-refractivity contribution in [2.75, 3.05) is 17.6 Å². The van der Waals surface area contributed by atoms with Crippen molar-refractivity contribution >= 4 is 29.3 Å². The second-order valence-corrected chi connectivity index (χ2v) is 7.87. The Bertz CT molecular complexity index is 982. The number of rotatable bonds is 9. The largest absolute Gasteiger partial charge is 0.361 e. The summed E-state index contributed by atoms with van der Waals surface area (Å²) in [5, 5.41) is 9.69. The van der Waals surface area contributed by atoms with Gasteiger partial charge in [0.1, 0.15) is 5.76 Å². The number of benzene rings is 2. The highest BCUT2D eigenvalue weighted by Crippen LogP contribution is 2.20. The molecule has 0 saturated carbocycles. The molecule has 0 bridgehead atoms. The van der Waals surface area contributed by atoms with Crippen LogP contribution in [0.5, 0.6) is 0 Å². The van der Waals surface area contributed by atoms with Gasteiger partial charge in [-0.2, -0.15) is 0 Å². The zero-order chi connectivity index (χ0) is 21.3. The molecular formula is C23H25N3O3S. The van der Waals surface area contributed by atoms with Gasteiger partial charge in [0, 0.05) is 17.9 Å². The van der Waals surface area contributed by atoms with E-state index in [-0.39, 0.29) is 17.6 Å². The number of hydrogen-bond acceptors (Lipinski definition) is 5. The van der Waals surface area contributed by atoms with Crippen LogP contribution in [0, 0.1) is 13.8 Å².